The molecule has 0 bridgehead atoms. The van der Waals surface area contributed by atoms with Crippen LogP contribution in [0.25, 0.3) is 0 Å². The maximum absolute atomic E-state index is 12.1. The molecule has 0 spiro atoms. The van der Waals surface area contributed by atoms with Crippen molar-refractivity contribution in [1.29, 1.82) is 0 Å². The number of hydrogen-bond donors (Lipinski definition) is 1. The van der Waals surface area contributed by atoms with Crippen LogP contribution in [0.3, 0.4) is 0 Å². The Morgan fingerprint density at radius 3 is 2.52 bits per heavy atom. The van der Waals surface area contributed by atoms with Gasteiger partial charge in [0.05, 0.1) is 4.92 Å². The van der Waals surface area contributed by atoms with Crippen LogP contribution in [0.15, 0.2) is 23.3 Å². The second kappa shape index (κ2) is 7.32. The van der Waals surface area contributed by atoms with Crippen molar-refractivity contribution in [3.63, 3.8) is 0 Å². The fourth-order valence-electron chi connectivity index (χ4n) is 2.61. The molecule has 7 nitrogen and oxygen atoms in total. The zero-order chi connectivity index (χ0) is 17.0. The minimum Gasteiger partial charge on any atom is -0.300 e. The number of piperidine rings is 1. The topological polar surface area (TPSA) is 87.8 Å². The lowest BCUT2D eigenvalue weighted by molar-refractivity contribution is -0.385. The van der Waals surface area contributed by atoms with Gasteiger partial charge >= 0.3 is 0 Å². The van der Waals surface area contributed by atoms with E-state index in [0.29, 0.717) is 17.2 Å². The predicted octanol–water partition coefficient (Wildman–Crippen LogP) is 2.49. The van der Waals surface area contributed by atoms with E-state index in [4.69, 9.17) is 0 Å². The standard InChI is InChI=1S/C16H22N4O3/c1-11(2)19-8-6-14(7-9-19)17-18-16(21)13-4-5-15(20(22)23)12(3)10-13/h4-5,10-11H,6-9H2,1-3H3,(H,18,21). The molecular weight excluding hydrogens is 296 g/mol. The number of aryl methyl sites for hydroxylation is 1. The van der Waals surface area contributed by atoms with Crippen LogP contribution in [0.2, 0.25) is 0 Å². The summed E-state index contributed by atoms with van der Waals surface area (Å²) in [6, 6.07) is 4.82. The first kappa shape index (κ1) is 17.1. The first-order valence-corrected chi connectivity index (χ1v) is 7.73. The van der Waals surface area contributed by atoms with Gasteiger partial charge < -0.3 is 4.90 Å². The lowest BCUT2D eigenvalue weighted by atomic mass is 10.1. The van der Waals surface area contributed by atoms with E-state index in [2.05, 4.69) is 29.3 Å². The fraction of sp³-hybridized carbons (Fsp3) is 0.500. The van der Waals surface area contributed by atoms with E-state index in [9.17, 15) is 14.9 Å². The second-order valence-corrected chi connectivity index (χ2v) is 6.01. The quantitative estimate of drug-likeness (QED) is 0.682. The van der Waals surface area contributed by atoms with Crippen molar-refractivity contribution in [3.05, 3.63) is 39.4 Å². The van der Waals surface area contributed by atoms with Gasteiger partial charge in [-0.15, -0.1) is 0 Å². The number of benzene rings is 1. The predicted molar refractivity (Wildman–Crippen MR) is 88.7 cm³/mol. The van der Waals surface area contributed by atoms with E-state index in [1.54, 1.807) is 6.92 Å². The van der Waals surface area contributed by atoms with E-state index in [1.165, 1.54) is 18.2 Å². The zero-order valence-electron chi connectivity index (χ0n) is 13.7. The van der Waals surface area contributed by atoms with Crippen molar-refractivity contribution in [2.24, 2.45) is 5.10 Å². The molecule has 0 unspecified atom stereocenters. The first-order valence-electron chi connectivity index (χ1n) is 7.73. The summed E-state index contributed by atoms with van der Waals surface area (Å²) in [5.74, 6) is -0.346. The van der Waals surface area contributed by atoms with Crippen molar-refractivity contribution in [1.82, 2.24) is 10.3 Å². The molecule has 1 amide bonds. The summed E-state index contributed by atoms with van der Waals surface area (Å²) in [6.07, 6.45) is 1.69. The highest BCUT2D eigenvalue weighted by atomic mass is 16.6. The number of hydrazone groups is 1. The lowest BCUT2D eigenvalue weighted by Gasteiger charge is -2.30. The van der Waals surface area contributed by atoms with Crippen molar-refractivity contribution < 1.29 is 9.72 Å². The Morgan fingerprint density at radius 2 is 2.00 bits per heavy atom. The van der Waals surface area contributed by atoms with E-state index in [-0.39, 0.29) is 11.6 Å². The molecule has 1 saturated heterocycles. The average Bonchev–Trinajstić information content (AvgIpc) is 2.52. The third-order valence-corrected chi connectivity index (χ3v) is 4.08. The Morgan fingerprint density at radius 1 is 1.35 bits per heavy atom. The summed E-state index contributed by atoms with van der Waals surface area (Å²) >= 11 is 0. The van der Waals surface area contributed by atoms with Crippen molar-refractivity contribution in [3.8, 4) is 0 Å². The van der Waals surface area contributed by atoms with Gasteiger partial charge in [-0.3, -0.25) is 14.9 Å². The Bertz CT molecular complexity index is 630. The minimum atomic E-state index is -0.459. The van der Waals surface area contributed by atoms with E-state index in [0.717, 1.165) is 31.6 Å². The molecule has 0 saturated carbocycles. The van der Waals surface area contributed by atoms with Gasteiger partial charge in [-0.1, -0.05) is 0 Å². The smallest absolute Gasteiger partial charge is 0.272 e. The number of amides is 1. The molecule has 1 aromatic carbocycles. The van der Waals surface area contributed by atoms with Crippen molar-refractivity contribution >= 4 is 17.3 Å². The zero-order valence-corrected chi connectivity index (χ0v) is 13.7. The number of nitro benzene ring substituents is 1. The molecule has 1 N–H and O–H groups in total. The molecule has 1 heterocycles. The summed E-state index contributed by atoms with van der Waals surface area (Å²) in [7, 11) is 0. The highest BCUT2D eigenvalue weighted by molar-refractivity contribution is 5.96. The summed E-state index contributed by atoms with van der Waals surface area (Å²) in [6.45, 7) is 7.84. The van der Waals surface area contributed by atoms with Crippen molar-refractivity contribution in [2.45, 2.75) is 39.7 Å². The van der Waals surface area contributed by atoms with Gasteiger partial charge in [0.1, 0.15) is 0 Å². The number of carbonyl (C=O) groups excluding carboxylic acids is 1. The summed E-state index contributed by atoms with van der Waals surface area (Å²) in [5.41, 5.74) is 4.37. The van der Waals surface area contributed by atoms with Crippen LogP contribution >= 0.6 is 0 Å². The largest absolute Gasteiger partial charge is 0.300 e. The third-order valence-electron chi connectivity index (χ3n) is 4.08. The highest BCUT2D eigenvalue weighted by Gasteiger charge is 2.18. The number of nitrogens with one attached hydrogen (secondary N) is 1. The number of rotatable bonds is 4. The Kier molecular flexibility index (Phi) is 5.44. The van der Waals surface area contributed by atoms with Gasteiger partial charge in [0.2, 0.25) is 0 Å². The average molecular weight is 318 g/mol. The van der Waals surface area contributed by atoms with Gasteiger partial charge in [-0.2, -0.15) is 5.10 Å². The second-order valence-electron chi connectivity index (χ2n) is 6.01. The third kappa shape index (κ3) is 4.35. The van der Waals surface area contributed by atoms with Gasteiger partial charge in [-0.25, -0.2) is 5.43 Å². The van der Waals surface area contributed by atoms with E-state index >= 15 is 0 Å². The molecule has 1 aromatic rings. The summed E-state index contributed by atoms with van der Waals surface area (Å²) < 4.78 is 0. The number of nitrogens with zero attached hydrogens (tertiary/aromatic N) is 3. The van der Waals surface area contributed by atoms with E-state index in [1.807, 2.05) is 0 Å². The van der Waals surface area contributed by atoms with Crippen LogP contribution in [-0.4, -0.2) is 40.6 Å². The van der Waals surface area contributed by atoms with Crippen LogP contribution in [0.5, 0.6) is 0 Å². The first-order chi connectivity index (χ1) is 10.9. The van der Waals surface area contributed by atoms with Gasteiger partial charge in [0.15, 0.2) is 0 Å². The molecule has 1 fully saturated rings. The van der Waals surface area contributed by atoms with Gasteiger partial charge in [0, 0.05) is 54.9 Å². The van der Waals surface area contributed by atoms with Gasteiger partial charge in [0.25, 0.3) is 11.6 Å². The molecule has 1 aliphatic heterocycles. The maximum Gasteiger partial charge on any atom is 0.272 e. The molecule has 2 rings (SSSR count). The monoisotopic (exact) mass is 318 g/mol. The van der Waals surface area contributed by atoms with Crippen LogP contribution in [0, 0.1) is 17.0 Å². The molecule has 0 atom stereocenters. The van der Waals surface area contributed by atoms with Crippen LogP contribution in [0.1, 0.15) is 42.6 Å². The fourth-order valence-corrected chi connectivity index (χ4v) is 2.61. The molecule has 1 aliphatic rings. The molecule has 0 radical (unpaired) electrons. The van der Waals surface area contributed by atoms with Crippen LogP contribution < -0.4 is 5.43 Å². The Balaban J connectivity index is 1.96. The van der Waals surface area contributed by atoms with Crippen LogP contribution in [0.4, 0.5) is 5.69 Å². The van der Waals surface area contributed by atoms with Crippen molar-refractivity contribution in [2.75, 3.05) is 13.1 Å². The maximum atomic E-state index is 12.1. The number of likely N-dealkylation sites (tertiary alicyclic amines) is 1. The number of hydrogen-bond acceptors (Lipinski definition) is 5. The molecule has 0 aliphatic carbocycles. The molecule has 0 aromatic heterocycles. The van der Waals surface area contributed by atoms with E-state index < -0.39 is 4.92 Å². The molecule has 124 valence electrons. The summed E-state index contributed by atoms with van der Waals surface area (Å²) in [5, 5.41) is 15.0. The molecular formula is C16H22N4O3. The Labute approximate surface area is 135 Å². The highest BCUT2D eigenvalue weighted by Crippen LogP contribution is 2.18. The normalized spacial score (nSPS) is 15.6. The minimum absolute atomic E-state index is 0.00826. The summed E-state index contributed by atoms with van der Waals surface area (Å²) in [4.78, 5) is 24.8. The SMILES string of the molecule is Cc1cc(C(=O)NN=C2CCN(C(C)C)CC2)ccc1[N+](=O)[O-]. The lowest BCUT2D eigenvalue weighted by Crippen LogP contribution is -2.39. The number of carbonyl (C=O) groups is 1. The number of nitro groups is 1. The van der Waals surface area contributed by atoms with Crippen LogP contribution in [-0.2, 0) is 0 Å². The molecule has 23 heavy (non-hydrogen) atoms. The van der Waals surface area contributed by atoms with Gasteiger partial charge in [-0.05, 0) is 32.9 Å². The Hall–Kier alpha value is -2.28. The molecule has 7 heteroatoms.